The molecule has 0 heterocycles. The summed E-state index contributed by atoms with van der Waals surface area (Å²) >= 11 is 0. The number of methoxy groups -OCH3 is 2. The Morgan fingerprint density at radius 2 is 0.742 bits per heavy atom. The average Bonchev–Trinajstić information content (AvgIpc) is 2.79. The molecule has 0 saturated heterocycles. The lowest BCUT2D eigenvalue weighted by molar-refractivity contribution is -0.170. The number of hydrogen-bond donors (Lipinski definition) is 0. The minimum absolute atomic E-state index is 0.418. The molecule has 4 heteroatoms. The second-order valence-electron chi connectivity index (χ2n) is 9.22. The third-order valence-corrected chi connectivity index (χ3v) is 6.57. The molecule has 0 aliphatic heterocycles. The maximum Gasteiger partial charge on any atom is 0.323 e. The second kappa shape index (κ2) is 20.8. The van der Waals surface area contributed by atoms with Crippen LogP contribution in [0.1, 0.15) is 142 Å². The van der Waals surface area contributed by atoms with Gasteiger partial charge in [0, 0.05) is 0 Å². The van der Waals surface area contributed by atoms with Crippen LogP contribution < -0.4 is 0 Å². The zero-order valence-electron chi connectivity index (χ0n) is 21.3. The van der Waals surface area contributed by atoms with E-state index in [0.29, 0.717) is 12.8 Å². The summed E-state index contributed by atoms with van der Waals surface area (Å²) in [4.78, 5) is 25.3. The molecule has 0 amide bonds. The fourth-order valence-corrected chi connectivity index (χ4v) is 4.48. The summed E-state index contributed by atoms with van der Waals surface area (Å²) in [7, 11) is 2.76. The SMILES string of the molecule is CCCCCCCCCCCC(CCCCCCCCCCC)(C(=O)OC)C(=O)OC. The van der Waals surface area contributed by atoms with E-state index in [-0.39, 0.29) is 0 Å². The van der Waals surface area contributed by atoms with E-state index in [1.54, 1.807) is 0 Å². The van der Waals surface area contributed by atoms with Gasteiger partial charge in [0.25, 0.3) is 0 Å². The molecule has 0 N–H and O–H groups in total. The summed E-state index contributed by atoms with van der Waals surface area (Å²) < 4.78 is 10.1. The molecule has 4 nitrogen and oxygen atoms in total. The first-order chi connectivity index (χ1) is 15.1. The molecule has 0 aromatic heterocycles. The molecule has 0 aromatic carbocycles. The highest BCUT2D eigenvalue weighted by Gasteiger charge is 2.47. The normalized spacial score (nSPS) is 11.5. The van der Waals surface area contributed by atoms with Crippen molar-refractivity contribution in [1.29, 1.82) is 0 Å². The van der Waals surface area contributed by atoms with Gasteiger partial charge in [-0.05, 0) is 12.8 Å². The van der Waals surface area contributed by atoms with E-state index in [9.17, 15) is 9.59 Å². The summed E-state index contributed by atoms with van der Waals surface area (Å²) in [5.74, 6) is -0.836. The Bertz CT molecular complexity index is 393. The molecular formula is C27H52O4. The molecule has 184 valence electrons. The van der Waals surface area contributed by atoms with Crippen molar-refractivity contribution in [1.82, 2.24) is 0 Å². The molecular weight excluding hydrogens is 388 g/mol. The topological polar surface area (TPSA) is 52.6 Å². The number of carbonyl (C=O) groups excluding carboxylic acids is 2. The van der Waals surface area contributed by atoms with Crippen LogP contribution >= 0.6 is 0 Å². The fraction of sp³-hybridized carbons (Fsp3) is 0.926. The van der Waals surface area contributed by atoms with Crippen molar-refractivity contribution in [3.05, 3.63) is 0 Å². The average molecular weight is 441 g/mol. The highest BCUT2D eigenvalue weighted by molar-refractivity contribution is 5.99. The summed E-state index contributed by atoms with van der Waals surface area (Å²) in [5, 5.41) is 0. The van der Waals surface area contributed by atoms with Crippen LogP contribution in [-0.2, 0) is 19.1 Å². The van der Waals surface area contributed by atoms with Crippen molar-refractivity contribution >= 4 is 11.9 Å². The summed E-state index contributed by atoms with van der Waals surface area (Å²) in [6.07, 6.45) is 22.9. The van der Waals surface area contributed by atoms with Crippen LogP contribution in [0.2, 0.25) is 0 Å². The van der Waals surface area contributed by atoms with Gasteiger partial charge in [0.2, 0.25) is 0 Å². The van der Waals surface area contributed by atoms with Gasteiger partial charge in [-0.1, -0.05) is 129 Å². The maximum atomic E-state index is 12.6. The predicted octanol–water partition coefficient (Wildman–Crippen LogP) is 8.16. The van der Waals surface area contributed by atoms with Crippen LogP contribution in [0.4, 0.5) is 0 Å². The minimum atomic E-state index is -1.12. The third-order valence-electron chi connectivity index (χ3n) is 6.57. The van der Waals surface area contributed by atoms with Gasteiger partial charge in [0.05, 0.1) is 14.2 Å². The number of ether oxygens (including phenoxy) is 2. The molecule has 0 radical (unpaired) electrons. The molecule has 0 bridgehead atoms. The largest absolute Gasteiger partial charge is 0.468 e. The monoisotopic (exact) mass is 440 g/mol. The highest BCUT2D eigenvalue weighted by Crippen LogP contribution is 2.35. The van der Waals surface area contributed by atoms with Crippen LogP contribution in [0.15, 0.2) is 0 Å². The first-order valence-electron chi connectivity index (χ1n) is 13.3. The van der Waals surface area contributed by atoms with Crippen molar-refractivity contribution in [2.45, 2.75) is 142 Å². The van der Waals surface area contributed by atoms with Crippen molar-refractivity contribution in [2.24, 2.45) is 5.41 Å². The van der Waals surface area contributed by atoms with E-state index < -0.39 is 17.4 Å². The van der Waals surface area contributed by atoms with Gasteiger partial charge in [0.15, 0.2) is 5.41 Å². The number of esters is 2. The van der Waals surface area contributed by atoms with Gasteiger partial charge < -0.3 is 9.47 Å². The third kappa shape index (κ3) is 13.9. The molecule has 31 heavy (non-hydrogen) atoms. The molecule has 0 aliphatic carbocycles. The lowest BCUT2D eigenvalue weighted by Crippen LogP contribution is -2.41. The molecule has 0 atom stereocenters. The molecule has 0 unspecified atom stereocenters. The lowest BCUT2D eigenvalue weighted by Gasteiger charge is -2.28. The standard InChI is InChI=1S/C27H52O4/c1-5-7-9-11-13-15-17-19-21-23-27(25(28)30-3,26(29)31-4)24-22-20-18-16-14-12-10-8-6-2/h5-24H2,1-4H3. The van der Waals surface area contributed by atoms with E-state index in [1.807, 2.05) is 0 Å². The minimum Gasteiger partial charge on any atom is -0.468 e. The lowest BCUT2D eigenvalue weighted by atomic mass is 9.77. The quantitative estimate of drug-likeness (QED) is 0.0967. The summed E-state index contributed by atoms with van der Waals surface area (Å²) in [5.41, 5.74) is -1.12. The Labute approximate surface area is 193 Å². The Morgan fingerprint density at radius 1 is 0.484 bits per heavy atom. The molecule has 0 spiro atoms. The first-order valence-corrected chi connectivity index (χ1v) is 13.3. The van der Waals surface area contributed by atoms with E-state index in [0.717, 1.165) is 25.7 Å². The van der Waals surface area contributed by atoms with Crippen LogP contribution in [0.25, 0.3) is 0 Å². The fourth-order valence-electron chi connectivity index (χ4n) is 4.48. The van der Waals surface area contributed by atoms with E-state index >= 15 is 0 Å². The maximum absolute atomic E-state index is 12.6. The highest BCUT2D eigenvalue weighted by atomic mass is 16.5. The smallest absolute Gasteiger partial charge is 0.323 e. The van der Waals surface area contributed by atoms with E-state index in [2.05, 4.69) is 13.8 Å². The summed E-state index contributed by atoms with van der Waals surface area (Å²) in [6.45, 7) is 4.48. The first kappa shape index (κ1) is 29.9. The van der Waals surface area contributed by atoms with E-state index in [1.165, 1.54) is 104 Å². The van der Waals surface area contributed by atoms with Gasteiger partial charge in [-0.2, -0.15) is 0 Å². The number of unbranched alkanes of at least 4 members (excludes halogenated alkanes) is 16. The van der Waals surface area contributed by atoms with Crippen molar-refractivity contribution in [2.75, 3.05) is 14.2 Å². The molecule has 0 aromatic rings. The van der Waals surface area contributed by atoms with Crippen LogP contribution in [0.3, 0.4) is 0 Å². The van der Waals surface area contributed by atoms with Gasteiger partial charge in [-0.15, -0.1) is 0 Å². The van der Waals surface area contributed by atoms with Crippen LogP contribution in [0.5, 0.6) is 0 Å². The predicted molar refractivity (Wildman–Crippen MR) is 130 cm³/mol. The molecule has 0 fully saturated rings. The van der Waals surface area contributed by atoms with Crippen molar-refractivity contribution in [3.8, 4) is 0 Å². The number of rotatable bonds is 22. The molecule has 0 aliphatic rings. The van der Waals surface area contributed by atoms with Gasteiger partial charge >= 0.3 is 11.9 Å². The van der Waals surface area contributed by atoms with Crippen molar-refractivity contribution < 1.29 is 19.1 Å². The summed E-state index contributed by atoms with van der Waals surface area (Å²) in [6, 6.07) is 0. The van der Waals surface area contributed by atoms with E-state index in [4.69, 9.17) is 9.47 Å². The zero-order chi connectivity index (χ0) is 23.2. The Morgan fingerprint density at radius 3 is 1.00 bits per heavy atom. The van der Waals surface area contributed by atoms with Crippen LogP contribution in [-0.4, -0.2) is 26.2 Å². The molecule has 0 saturated carbocycles. The Hall–Kier alpha value is -1.06. The second-order valence-corrected chi connectivity index (χ2v) is 9.22. The van der Waals surface area contributed by atoms with Crippen molar-refractivity contribution in [3.63, 3.8) is 0 Å². The molecule has 0 rings (SSSR count). The Kier molecular flexibility index (Phi) is 20.1. The van der Waals surface area contributed by atoms with Gasteiger partial charge in [0.1, 0.15) is 0 Å². The van der Waals surface area contributed by atoms with Gasteiger partial charge in [-0.25, -0.2) is 0 Å². The Balaban J connectivity index is 4.38. The number of hydrogen-bond acceptors (Lipinski definition) is 4. The van der Waals surface area contributed by atoms with Gasteiger partial charge in [-0.3, -0.25) is 9.59 Å². The van der Waals surface area contributed by atoms with Crippen LogP contribution in [0, 0.1) is 5.41 Å². The zero-order valence-corrected chi connectivity index (χ0v) is 21.3. The number of carbonyl (C=O) groups is 2.